The first-order valence-electron chi connectivity index (χ1n) is 12.6. The largest absolute Gasteiger partial charge is 0.453 e. The lowest BCUT2D eigenvalue weighted by atomic mass is 9.78. The average molecular weight is 527 g/mol. The van der Waals surface area contributed by atoms with Crippen LogP contribution in [0, 0.1) is 24.0 Å². The third-order valence-corrected chi connectivity index (χ3v) is 7.56. The number of morpholine rings is 1. The first-order valence-corrected chi connectivity index (χ1v) is 12.6. The molecule has 5 heterocycles. The van der Waals surface area contributed by atoms with Gasteiger partial charge >= 0.3 is 6.09 Å². The van der Waals surface area contributed by atoms with E-state index in [0.717, 1.165) is 17.7 Å². The Kier molecular flexibility index (Phi) is 6.07. The van der Waals surface area contributed by atoms with E-state index in [0.29, 0.717) is 50.8 Å². The van der Waals surface area contributed by atoms with Gasteiger partial charge in [0.15, 0.2) is 0 Å². The van der Waals surface area contributed by atoms with Crippen molar-refractivity contribution in [2.45, 2.75) is 19.4 Å². The number of fused-ring (bicyclic) bond motifs is 1. The number of methoxy groups -OCH3 is 1. The SMILES string of the molecule is COC(=O)N1CCO[C@@H](Cc2c(-c3c(F)cc(C(=O)N4CC5(COC5)C4)cc3F)nc3cc(C)ccn23)C1. The lowest BCUT2D eigenvalue weighted by molar-refractivity contribution is -0.176. The fourth-order valence-electron chi connectivity index (χ4n) is 5.53. The van der Waals surface area contributed by atoms with Crippen LogP contribution >= 0.6 is 0 Å². The van der Waals surface area contributed by atoms with Crippen LogP contribution in [0.25, 0.3) is 16.9 Å². The van der Waals surface area contributed by atoms with Gasteiger partial charge in [-0.25, -0.2) is 18.6 Å². The summed E-state index contributed by atoms with van der Waals surface area (Å²) in [6.07, 6.45) is 1.17. The van der Waals surface area contributed by atoms with E-state index in [1.54, 1.807) is 20.4 Å². The fraction of sp³-hybridized carbons (Fsp3) is 0.444. The molecule has 1 spiro atoms. The van der Waals surface area contributed by atoms with Crippen molar-refractivity contribution in [2.75, 3.05) is 53.1 Å². The molecule has 3 saturated heterocycles. The van der Waals surface area contributed by atoms with Gasteiger partial charge in [0.2, 0.25) is 0 Å². The third-order valence-electron chi connectivity index (χ3n) is 7.56. The molecule has 1 aromatic carbocycles. The quantitative estimate of drug-likeness (QED) is 0.520. The topological polar surface area (TPSA) is 85.6 Å². The normalized spacial score (nSPS) is 20.4. The van der Waals surface area contributed by atoms with Crippen molar-refractivity contribution >= 4 is 17.6 Å². The van der Waals surface area contributed by atoms with E-state index in [1.807, 2.05) is 19.1 Å². The summed E-state index contributed by atoms with van der Waals surface area (Å²) in [4.78, 5) is 32.7. The summed E-state index contributed by atoms with van der Waals surface area (Å²) >= 11 is 0. The molecule has 9 nitrogen and oxygen atoms in total. The number of amides is 2. The molecule has 0 N–H and O–H groups in total. The van der Waals surface area contributed by atoms with Gasteiger partial charge in [0.05, 0.1) is 61.9 Å². The molecule has 3 fully saturated rings. The van der Waals surface area contributed by atoms with Crippen LogP contribution < -0.4 is 0 Å². The van der Waals surface area contributed by atoms with Crippen LogP contribution in [-0.2, 0) is 20.6 Å². The van der Waals surface area contributed by atoms with E-state index in [-0.39, 0.29) is 35.2 Å². The molecule has 2 aromatic heterocycles. The number of carbonyl (C=O) groups is 2. The second-order valence-corrected chi connectivity index (χ2v) is 10.4. The van der Waals surface area contributed by atoms with Gasteiger partial charge in [0.1, 0.15) is 17.3 Å². The lowest BCUT2D eigenvalue weighted by Gasteiger charge is -2.54. The lowest BCUT2D eigenvalue weighted by Crippen LogP contribution is -2.67. The van der Waals surface area contributed by atoms with E-state index in [4.69, 9.17) is 14.2 Å². The van der Waals surface area contributed by atoms with Crippen molar-refractivity contribution in [3.8, 4) is 11.3 Å². The molecule has 0 aliphatic carbocycles. The standard InChI is InChI=1S/C27H28F2N4O5/c1-16-3-4-33-21(10-18-11-31(5-6-38-18)26(35)36-2)24(30-22(33)7-16)23-19(28)8-17(9-20(23)29)25(34)32-12-27(13-32)14-37-15-27/h3-4,7-9,18H,5-6,10-15H2,1-2H3/t18-/m0/s1. The van der Waals surface area contributed by atoms with Crippen molar-refractivity contribution in [1.29, 1.82) is 0 Å². The first-order chi connectivity index (χ1) is 18.3. The summed E-state index contributed by atoms with van der Waals surface area (Å²) in [6, 6.07) is 5.87. The Bertz CT molecular complexity index is 1410. The van der Waals surface area contributed by atoms with Gasteiger partial charge in [-0.1, -0.05) is 0 Å². The molecular weight excluding hydrogens is 498 g/mol. The molecule has 3 aromatic rings. The molecule has 1 atom stereocenters. The molecule has 0 bridgehead atoms. The van der Waals surface area contributed by atoms with Crippen LogP contribution in [0.5, 0.6) is 0 Å². The molecule has 6 rings (SSSR count). The molecule has 0 saturated carbocycles. The second-order valence-electron chi connectivity index (χ2n) is 10.4. The Morgan fingerprint density at radius 1 is 1.16 bits per heavy atom. The van der Waals surface area contributed by atoms with Crippen LogP contribution in [0.1, 0.15) is 21.6 Å². The molecule has 0 radical (unpaired) electrons. The average Bonchev–Trinajstić information content (AvgIpc) is 3.18. The van der Waals surface area contributed by atoms with Crippen molar-refractivity contribution in [3.05, 3.63) is 58.9 Å². The highest BCUT2D eigenvalue weighted by atomic mass is 19.1. The second kappa shape index (κ2) is 9.32. The van der Waals surface area contributed by atoms with Crippen LogP contribution in [0.15, 0.2) is 30.5 Å². The Hall–Kier alpha value is -3.57. The first kappa shape index (κ1) is 24.7. The molecule has 2 amide bonds. The monoisotopic (exact) mass is 526 g/mol. The van der Waals surface area contributed by atoms with Crippen molar-refractivity contribution in [2.24, 2.45) is 5.41 Å². The van der Waals surface area contributed by atoms with Crippen molar-refractivity contribution in [1.82, 2.24) is 19.2 Å². The molecule has 0 unspecified atom stereocenters. The van der Waals surface area contributed by atoms with Gasteiger partial charge in [-0.15, -0.1) is 0 Å². The highest BCUT2D eigenvalue weighted by molar-refractivity contribution is 5.95. The maximum atomic E-state index is 15.6. The third kappa shape index (κ3) is 4.19. The minimum Gasteiger partial charge on any atom is -0.453 e. The number of hydrogen-bond donors (Lipinski definition) is 0. The van der Waals surface area contributed by atoms with E-state index in [2.05, 4.69) is 4.98 Å². The highest BCUT2D eigenvalue weighted by Gasteiger charge is 2.50. The zero-order chi connectivity index (χ0) is 26.6. The molecule has 38 heavy (non-hydrogen) atoms. The number of benzene rings is 1. The van der Waals surface area contributed by atoms with Crippen LogP contribution in [0.4, 0.5) is 13.6 Å². The summed E-state index contributed by atoms with van der Waals surface area (Å²) in [6.45, 7) is 5.15. The van der Waals surface area contributed by atoms with Gasteiger partial charge in [0.25, 0.3) is 5.91 Å². The van der Waals surface area contributed by atoms with Crippen molar-refractivity contribution in [3.63, 3.8) is 0 Å². The molecule has 11 heteroatoms. The number of likely N-dealkylation sites (tertiary alicyclic amines) is 1. The van der Waals surface area contributed by atoms with E-state index < -0.39 is 29.7 Å². The zero-order valence-corrected chi connectivity index (χ0v) is 21.2. The molecular formula is C27H28F2N4O5. The summed E-state index contributed by atoms with van der Waals surface area (Å²) in [5.74, 6) is -2.13. The van der Waals surface area contributed by atoms with Gasteiger partial charge in [-0.3, -0.25) is 4.79 Å². The number of ether oxygens (including phenoxy) is 3. The molecule has 3 aliphatic heterocycles. The number of halogens is 2. The van der Waals surface area contributed by atoms with Gasteiger partial charge in [-0.05, 0) is 36.8 Å². The fourth-order valence-corrected chi connectivity index (χ4v) is 5.53. The van der Waals surface area contributed by atoms with Gasteiger partial charge < -0.3 is 28.4 Å². The van der Waals surface area contributed by atoms with Crippen LogP contribution in [0.3, 0.4) is 0 Å². The van der Waals surface area contributed by atoms with Crippen LogP contribution in [-0.4, -0.2) is 90.4 Å². The van der Waals surface area contributed by atoms with Gasteiger partial charge in [-0.2, -0.15) is 0 Å². The van der Waals surface area contributed by atoms with Gasteiger partial charge in [0, 0.05) is 37.8 Å². The number of aryl methyl sites for hydroxylation is 1. The predicted molar refractivity (Wildman–Crippen MR) is 132 cm³/mol. The van der Waals surface area contributed by atoms with Crippen LogP contribution in [0.2, 0.25) is 0 Å². The molecule has 3 aliphatic rings. The maximum Gasteiger partial charge on any atom is 0.409 e. The predicted octanol–water partition coefficient (Wildman–Crippen LogP) is 3.07. The Morgan fingerprint density at radius 3 is 2.55 bits per heavy atom. The molecule has 200 valence electrons. The van der Waals surface area contributed by atoms with E-state index in [1.165, 1.54) is 7.11 Å². The summed E-state index contributed by atoms with van der Waals surface area (Å²) in [5, 5.41) is 0. The number of pyridine rings is 1. The summed E-state index contributed by atoms with van der Waals surface area (Å²) < 4.78 is 48.9. The van der Waals surface area contributed by atoms with E-state index >= 15 is 8.78 Å². The number of imidazole rings is 1. The number of nitrogens with zero attached hydrogens (tertiary/aromatic N) is 4. The summed E-state index contributed by atoms with van der Waals surface area (Å²) in [7, 11) is 1.32. The Morgan fingerprint density at radius 2 is 1.89 bits per heavy atom. The summed E-state index contributed by atoms with van der Waals surface area (Å²) in [5.41, 5.74) is 1.82. The number of rotatable bonds is 4. The minimum absolute atomic E-state index is 0.000890. The number of carbonyl (C=O) groups excluding carboxylic acids is 2. The maximum absolute atomic E-state index is 15.6. The Labute approximate surface area is 217 Å². The zero-order valence-electron chi connectivity index (χ0n) is 21.2. The highest BCUT2D eigenvalue weighted by Crippen LogP contribution is 2.39. The van der Waals surface area contributed by atoms with E-state index in [9.17, 15) is 9.59 Å². The van der Waals surface area contributed by atoms with Crippen molar-refractivity contribution < 1.29 is 32.6 Å². The number of hydrogen-bond acceptors (Lipinski definition) is 6. The Balaban J connectivity index is 1.34. The minimum atomic E-state index is -0.863. The smallest absolute Gasteiger partial charge is 0.409 e. The number of aromatic nitrogens is 2.